The zero-order valence-corrected chi connectivity index (χ0v) is 15.5. The van der Waals surface area contributed by atoms with E-state index in [1.54, 1.807) is 41.3 Å². The highest BCUT2D eigenvalue weighted by atomic mass is 19.1. The molecule has 0 aliphatic heterocycles. The molecule has 8 heteroatoms. The molecule has 28 heavy (non-hydrogen) atoms. The first-order chi connectivity index (χ1) is 13.6. The Labute approximate surface area is 160 Å². The number of carbonyl (C=O) groups excluding carboxylic acids is 1. The Balaban J connectivity index is 1.67. The van der Waals surface area contributed by atoms with Crippen LogP contribution in [0.3, 0.4) is 0 Å². The van der Waals surface area contributed by atoms with Crippen LogP contribution in [0.15, 0.2) is 54.9 Å². The van der Waals surface area contributed by atoms with E-state index in [0.717, 1.165) is 11.1 Å². The van der Waals surface area contributed by atoms with Crippen molar-refractivity contribution in [3.05, 3.63) is 77.6 Å². The van der Waals surface area contributed by atoms with E-state index in [9.17, 15) is 9.18 Å². The van der Waals surface area contributed by atoms with Crippen molar-refractivity contribution in [1.82, 2.24) is 29.9 Å². The van der Waals surface area contributed by atoms with Gasteiger partial charge in [0.05, 0.1) is 5.52 Å². The fraction of sp³-hybridized carbons (Fsp3) is 0.200. The summed E-state index contributed by atoms with van der Waals surface area (Å²) < 4.78 is 16.9. The Morgan fingerprint density at radius 2 is 2.00 bits per heavy atom. The summed E-state index contributed by atoms with van der Waals surface area (Å²) in [5, 5.41) is 11.2. The number of amides is 1. The maximum absolute atomic E-state index is 13.4. The minimum atomic E-state index is -0.518. The first-order valence-corrected chi connectivity index (χ1v) is 8.93. The number of aromatic nitrogens is 5. The molecule has 2 aromatic heterocycles. The van der Waals surface area contributed by atoms with Crippen LogP contribution in [-0.2, 0) is 13.6 Å². The maximum Gasteiger partial charge on any atom is 0.252 e. The van der Waals surface area contributed by atoms with Gasteiger partial charge in [-0.25, -0.2) is 14.1 Å². The second-order valence-corrected chi connectivity index (χ2v) is 6.46. The minimum absolute atomic E-state index is 0.273. The molecule has 1 unspecified atom stereocenters. The van der Waals surface area contributed by atoms with Gasteiger partial charge >= 0.3 is 0 Å². The molecule has 2 heterocycles. The van der Waals surface area contributed by atoms with E-state index in [2.05, 4.69) is 20.6 Å². The third-order valence-electron chi connectivity index (χ3n) is 4.67. The van der Waals surface area contributed by atoms with Gasteiger partial charge in [0, 0.05) is 31.5 Å². The highest BCUT2D eigenvalue weighted by molar-refractivity contribution is 5.97. The predicted octanol–water partition coefficient (Wildman–Crippen LogP) is 2.84. The minimum Gasteiger partial charge on any atom is -0.338 e. The van der Waals surface area contributed by atoms with Crippen molar-refractivity contribution in [2.45, 2.75) is 19.5 Å². The van der Waals surface area contributed by atoms with Gasteiger partial charge in [-0.3, -0.25) is 4.79 Å². The van der Waals surface area contributed by atoms with Gasteiger partial charge in [-0.05, 0) is 42.8 Å². The molecule has 142 valence electrons. The summed E-state index contributed by atoms with van der Waals surface area (Å²) in [6.07, 6.45) is 3.46. The highest BCUT2D eigenvalue weighted by Crippen LogP contribution is 2.22. The lowest BCUT2D eigenvalue weighted by atomic mass is 10.0. The Bertz CT molecular complexity index is 1130. The van der Waals surface area contributed by atoms with Crippen molar-refractivity contribution in [2.75, 3.05) is 0 Å². The zero-order chi connectivity index (χ0) is 19.7. The van der Waals surface area contributed by atoms with Crippen LogP contribution in [0.2, 0.25) is 0 Å². The lowest BCUT2D eigenvalue weighted by molar-refractivity contribution is 0.0941. The standard InChI is InChI=1S/C20H19FN6O/c1-3-27-17-9-6-14(12-16(17)24-25-27)20(28)23-18(19-22-10-11-26(19)2)13-4-7-15(21)8-5-13/h4-12,18H,3H2,1-2H3,(H,23,28). The number of carbonyl (C=O) groups is 1. The fourth-order valence-corrected chi connectivity index (χ4v) is 3.17. The molecule has 0 fully saturated rings. The van der Waals surface area contributed by atoms with Crippen LogP contribution in [0.25, 0.3) is 11.0 Å². The van der Waals surface area contributed by atoms with Gasteiger partial charge in [-0.15, -0.1) is 5.10 Å². The van der Waals surface area contributed by atoms with Crippen molar-refractivity contribution in [2.24, 2.45) is 7.05 Å². The number of fused-ring (bicyclic) bond motifs is 1. The van der Waals surface area contributed by atoms with Crippen molar-refractivity contribution in [3.63, 3.8) is 0 Å². The molecule has 1 N–H and O–H groups in total. The number of benzene rings is 2. The number of imidazole rings is 1. The second kappa shape index (κ2) is 7.22. The normalized spacial score (nSPS) is 12.2. The molecule has 0 spiro atoms. The van der Waals surface area contributed by atoms with Crippen molar-refractivity contribution >= 4 is 16.9 Å². The van der Waals surface area contributed by atoms with Crippen LogP contribution in [0, 0.1) is 5.82 Å². The number of hydrogen-bond acceptors (Lipinski definition) is 4. The Kier molecular flexibility index (Phi) is 4.60. The summed E-state index contributed by atoms with van der Waals surface area (Å²) in [7, 11) is 1.85. The molecule has 2 aromatic carbocycles. The SMILES string of the molecule is CCn1nnc2cc(C(=O)NC(c3ccc(F)cc3)c3nccn3C)ccc21. The number of hydrogen-bond donors (Lipinski definition) is 1. The molecule has 0 saturated heterocycles. The molecule has 0 bridgehead atoms. The average Bonchev–Trinajstić information content (AvgIpc) is 3.32. The van der Waals surface area contributed by atoms with E-state index < -0.39 is 6.04 Å². The van der Waals surface area contributed by atoms with Crippen LogP contribution in [0.1, 0.15) is 34.7 Å². The van der Waals surface area contributed by atoms with E-state index in [4.69, 9.17) is 0 Å². The predicted molar refractivity (Wildman–Crippen MR) is 102 cm³/mol. The molecule has 7 nitrogen and oxygen atoms in total. The molecule has 1 atom stereocenters. The van der Waals surface area contributed by atoms with Gasteiger partial charge in [-0.2, -0.15) is 0 Å². The van der Waals surface area contributed by atoms with E-state index in [-0.39, 0.29) is 11.7 Å². The lowest BCUT2D eigenvalue weighted by Gasteiger charge is -2.19. The summed E-state index contributed by atoms with van der Waals surface area (Å²) >= 11 is 0. The lowest BCUT2D eigenvalue weighted by Crippen LogP contribution is -2.31. The molecule has 0 radical (unpaired) electrons. The zero-order valence-electron chi connectivity index (χ0n) is 15.5. The van der Waals surface area contributed by atoms with E-state index in [0.29, 0.717) is 23.4 Å². The van der Waals surface area contributed by atoms with Crippen LogP contribution < -0.4 is 5.32 Å². The molecular weight excluding hydrogens is 359 g/mol. The number of nitrogens with zero attached hydrogens (tertiary/aromatic N) is 5. The van der Waals surface area contributed by atoms with Gasteiger partial charge in [0.15, 0.2) is 0 Å². The summed E-state index contributed by atoms with van der Waals surface area (Å²) in [4.78, 5) is 17.3. The summed E-state index contributed by atoms with van der Waals surface area (Å²) in [6.45, 7) is 2.68. The third kappa shape index (κ3) is 3.24. The van der Waals surface area contributed by atoms with Gasteiger partial charge in [-0.1, -0.05) is 17.3 Å². The van der Waals surface area contributed by atoms with E-state index in [1.165, 1.54) is 12.1 Å². The van der Waals surface area contributed by atoms with E-state index >= 15 is 0 Å². The highest BCUT2D eigenvalue weighted by Gasteiger charge is 2.22. The maximum atomic E-state index is 13.4. The quantitative estimate of drug-likeness (QED) is 0.579. The summed E-state index contributed by atoms with van der Waals surface area (Å²) in [5.74, 6) is 0.0429. The van der Waals surface area contributed by atoms with E-state index in [1.807, 2.05) is 24.6 Å². The Hall–Kier alpha value is -3.55. The first-order valence-electron chi connectivity index (χ1n) is 8.93. The van der Waals surface area contributed by atoms with Crippen LogP contribution in [-0.4, -0.2) is 30.5 Å². The largest absolute Gasteiger partial charge is 0.338 e. The molecule has 0 aliphatic rings. The number of halogens is 1. The number of nitrogens with one attached hydrogen (secondary N) is 1. The number of rotatable bonds is 5. The Morgan fingerprint density at radius 3 is 2.68 bits per heavy atom. The van der Waals surface area contributed by atoms with Crippen LogP contribution in [0.4, 0.5) is 4.39 Å². The first kappa shape index (κ1) is 17.8. The second-order valence-electron chi connectivity index (χ2n) is 6.46. The van der Waals surface area contributed by atoms with Gasteiger partial charge < -0.3 is 9.88 Å². The molecule has 4 rings (SSSR count). The molecule has 0 aliphatic carbocycles. The van der Waals surface area contributed by atoms with Crippen LogP contribution in [0.5, 0.6) is 0 Å². The number of aryl methyl sites for hydroxylation is 2. The smallest absolute Gasteiger partial charge is 0.252 e. The Morgan fingerprint density at radius 1 is 1.21 bits per heavy atom. The molecule has 4 aromatic rings. The fourth-order valence-electron chi connectivity index (χ4n) is 3.17. The molecular formula is C20H19FN6O. The van der Waals surface area contributed by atoms with Gasteiger partial charge in [0.2, 0.25) is 0 Å². The topological polar surface area (TPSA) is 77.6 Å². The van der Waals surface area contributed by atoms with Gasteiger partial charge in [0.25, 0.3) is 5.91 Å². The van der Waals surface area contributed by atoms with Crippen LogP contribution >= 0.6 is 0 Å². The third-order valence-corrected chi connectivity index (χ3v) is 4.67. The average molecular weight is 378 g/mol. The van der Waals surface area contributed by atoms with Gasteiger partial charge in [0.1, 0.15) is 23.2 Å². The van der Waals surface area contributed by atoms with Crippen molar-refractivity contribution < 1.29 is 9.18 Å². The monoisotopic (exact) mass is 378 g/mol. The molecule has 0 saturated carbocycles. The van der Waals surface area contributed by atoms with Crippen molar-refractivity contribution in [1.29, 1.82) is 0 Å². The molecule has 1 amide bonds. The summed E-state index contributed by atoms with van der Waals surface area (Å²) in [6, 6.07) is 10.8. The summed E-state index contributed by atoms with van der Waals surface area (Å²) in [5.41, 5.74) is 2.74. The van der Waals surface area contributed by atoms with Crippen molar-refractivity contribution in [3.8, 4) is 0 Å².